The SMILES string of the molecule is COC(=O)C1(O)Cc2cc(C)cc(C)c21. The Labute approximate surface area is 88.7 Å². The van der Waals surface area contributed by atoms with Crippen LogP contribution in [0, 0.1) is 13.8 Å². The van der Waals surface area contributed by atoms with E-state index in [0.29, 0.717) is 6.42 Å². The van der Waals surface area contributed by atoms with Gasteiger partial charge in [-0.2, -0.15) is 0 Å². The molecule has 1 atom stereocenters. The number of carbonyl (C=O) groups excluding carboxylic acids is 1. The van der Waals surface area contributed by atoms with Gasteiger partial charge in [-0.15, -0.1) is 0 Å². The lowest BCUT2D eigenvalue weighted by molar-refractivity contribution is -0.166. The highest BCUT2D eigenvalue weighted by Gasteiger charge is 2.49. The van der Waals surface area contributed by atoms with E-state index in [4.69, 9.17) is 0 Å². The van der Waals surface area contributed by atoms with Crippen molar-refractivity contribution in [1.82, 2.24) is 0 Å². The summed E-state index contributed by atoms with van der Waals surface area (Å²) in [5, 5.41) is 10.1. The third kappa shape index (κ3) is 1.27. The quantitative estimate of drug-likeness (QED) is 0.703. The van der Waals surface area contributed by atoms with Crippen LogP contribution in [0.4, 0.5) is 0 Å². The molecule has 1 aromatic rings. The van der Waals surface area contributed by atoms with Gasteiger partial charge in [-0.05, 0) is 25.0 Å². The van der Waals surface area contributed by atoms with Crippen LogP contribution in [0.25, 0.3) is 0 Å². The van der Waals surface area contributed by atoms with E-state index in [1.165, 1.54) is 7.11 Å². The number of methoxy groups -OCH3 is 1. The maximum absolute atomic E-state index is 11.4. The minimum Gasteiger partial charge on any atom is -0.467 e. The number of ether oxygens (including phenoxy) is 1. The molecule has 1 aliphatic rings. The lowest BCUT2D eigenvalue weighted by Gasteiger charge is -2.38. The Morgan fingerprint density at radius 2 is 2.13 bits per heavy atom. The van der Waals surface area contributed by atoms with Gasteiger partial charge in [0.05, 0.1) is 7.11 Å². The second-order valence-corrected chi connectivity index (χ2v) is 4.14. The van der Waals surface area contributed by atoms with E-state index in [1.807, 2.05) is 26.0 Å². The summed E-state index contributed by atoms with van der Waals surface area (Å²) in [4.78, 5) is 11.4. The van der Waals surface area contributed by atoms with Crippen molar-refractivity contribution in [1.29, 1.82) is 0 Å². The molecule has 15 heavy (non-hydrogen) atoms. The molecule has 1 N–H and O–H groups in total. The first-order valence-corrected chi connectivity index (χ1v) is 4.90. The fourth-order valence-electron chi connectivity index (χ4n) is 2.39. The lowest BCUT2D eigenvalue weighted by Crippen LogP contribution is -2.47. The van der Waals surface area contributed by atoms with Crippen LogP contribution in [0.1, 0.15) is 22.3 Å². The van der Waals surface area contributed by atoms with Crippen molar-refractivity contribution in [3.63, 3.8) is 0 Å². The van der Waals surface area contributed by atoms with Gasteiger partial charge in [0.1, 0.15) is 0 Å². The highest BCUT2D eigenvalue weighted by molar-refractivity contribution is 5.85. The largest absolute Gasteiger partial charge is 0.467 e. The molecule has 3 nitrogen and oxygen atoms in total. The standard InChI is InChI=1S/C12H14O3/c1-7-4-8(2)10-9(5-7)6-12(10,14)11(13)15-3/h4-5,14H,6H2,1-3H3. The molecule has 1 aliphatic carbocycles. The normalized spacial score (nSPS) is 22.9. The maximum atomic E-state index is 11.4. The van der Waals surface area contributed by atoms with E-state index in [0.717, 1.165) is 22.3 Å². The number of hydrogen-bond acceptors (Lipinski definition) is 3. The first kappa shape index (κ1) is 10.2. The average Bonchev–Trinajstić information content (AvgIpc) is 2.13. The molecule has 1 aromatic carbocycles. The summed E-state index contributed by atoms with van der Waals surface area (Å²) >= 11 is 0. The smallest absolute Gasteiger partial charge is 0.342 e. The number of aliphatic hydroxyl groups is 1. The molecule has 0 spiro atoms. The van der Waals surface area contributed by atoms with E-state index in [1.54, 1.807) is 0 Å². The van der Waals surface area contributed by atoms with E-state index >= 15 is 0 Å². The molecule has 0 aliphatic heterocycles. The van der Waals surface area contributed by atoms with Crippen molar-refractivity contribution >= 4 is 5.97 Å². The molecule has 0 heterocycles. The number of rotatable bonds is 1. The van der Waals surface area contributed by atoms with Crippen molar-refractivity contribution in [2.75, 3.05) is 7.11 Å². The number of fused-ring (bicyclic) bond motifs is 1. The van der Waals surface area contributed by atoms with Gasteiger partial charge in [0, 0.05) is 12.0 Å². The van der Waals surface area contributed by atoms with E-state index in [9.17, 15) is 9.90 Å². The highest BCUT2D eigenvalue weighted by Crippen LogP contribution is 2.42. The Hall–Kier alpha value is -1.35. The van der Waals surface area contributed by atoms with Crippen molar-refractivity contribution in [3.05, 3.63) is 34.4 Å². The van der Waals surface area contributed by atoms with E-state index < -0.39 is 11.6 Å². The third-order valence-electron chi connectivity index (χ3n) is 2.94. The molecule has 1 unspecified atom stereocenters. The Morgan fingerprint density at radius 1 is 1.47 bits per heavy atom. The van der Waals surface area contributed by atoms with Crippen LogP contribution in [-0.4, -0.2) is 18.2 Å². The van der Waals surface area contributed by atoms with Crippen LogP contribution in [-0.2, 0) is 21.6 Å². The molecular weight excluding hydrogens is 192 g/mol. The van der Waals surface area contributed by atoms with Crippen molar-refractivity contribution in [2.24, 2.45) is 0 Å². The molecule has 0 fully saturated rings. The minimum atomic E-state index is -1.41. The molecule has 0 bridgehead atoms. The van der Waals surface area contributed by atoms with Gasteiger partial charge in [-0.3, -0.25) is 0 Å². The number of benzene rings is 1. The summed E-state index contributed by atoms with van der Waals surface area (Å²) in [5.74, 6) is -0.568. The lowest BCUT2D eigenvalue weighted by atomic mass is 9.70. The molecule has 2 rings (SSSR count). The molecule has 0 amide bonds. The molecule has 80 valence electrons. The van der Waals surface area contributed by atoms with Gasteiger partial charge in [-0.25, -0.2) is 4.79 Å². The number of esters is 1. The van der Waals surface area contributed by atoms with Gasteiger partial charge in [0.25, 0.3) is 0 Å². The predicted molar refractivity (Wildman–Crippen MR) is 55.5 cm³/mol. The van der Waals surface area contributed by atoms with Crippen LogP contribution in [0.5, 0.6) is 0 Å². The number of hydrogen-bond donors (Lipinski definition) is 1. The Bertz CT molecular complexity index is 419. The van der Waals surface area contributed by atoms with Crippen LogP contribution < -0.4 is 0 Å². The minimum absolute atomic E-state index is 0.359. The highest BCUT2D eigenvalue weighted by atomic mass is 16.5. The second-order valence-electron chi connectivity index (χ2n) is 4.14. The summed E-state index contributed by atoms with van der Waals surface area (Å²) in [5.41, 5.74) is 2.45. The number of carbonyl (C=O) groups is 1. The summed E-state index contributed by atoms with van der Waals surface area (Å²) in [6.45, 7) is 3.90. The Morgan fingerprint density at radius 3 is 2.67 bits per heavy atom. The van der Waals surface area contributed by atoms with E-state index in [2.05, 4.69) is 4.74 Å². The van der Waals surface area contributed by atoms with Gasteiger partial charge in [0.15, 0.2) is 5.60 Å². The van der Waals surface area contributed by atoms with Gasteiger partial charge < -0.3 is 9.84 Å². The second kappa shape index (κ2) is 3.07. The summed E-state index contributed by atoms with van der Waals surface area (Å²) < 4.78 is 4.61. The topological polar surface area (TPSA) is 46.5 Å². The first-order valence-electron chi connectivity index (χ1n) is 4.90. The Kier molecular flexibility index (Phi) is 2.08. The molecule has 0 radical (unpaired) electrons. The van der Waals surface area contributed by atoms with Crippen molar-refractivity contribution in [3.8, 4) is 0 Å². The van der Waals surface area contributed by atoms with Gasteiger partial charge in [0.2, 0.25) is 0 Å². The molecule has 3 heteroatoms. The van der Waals surface area contributed by atoms with Gasteiger partial charge >= 0.3 is 5.97 Å². The fraction of sp³-hybridized carbons (Fsp3) is 0.417. The monoisotopic (exact) mass is 206 g/mol. The molecule has 0 saturated heterocycles. The first-order chi connectivity index (χ1) is 6.99. The van der Waals surface area contributed by atoms with Crippen LogP contribution in [0.3, 0.4) is 0 Å². The average molecular weight is 206 g/mol. The number of aryl methyl sites for hydroxylation is 2. The fourth-order valence-corrected chi connectivity index (χ4v) is 2.39. The summed E-state index contributed by atoms with van der Waals surface area (Å²) in [7, 11) is 1.29. The van der Waals surface area contributed by atoms with Crippen LogP contribution in [0.15, 0.2) is 12.1 Å². The summed E-state index contributed by atoms with van der Waals surface area (Å²) in [6.07, 6.45) is 0.359. The van der Waals surface area contributed by atoms with Crippen molar-refractivity contribution in [2.45, 2.75) is 25.9 Å². The Balaban J connectivity index is 2.50. The van der Waals surface area contributed by atoms with Crippen molar-refractivity contribution < 1.29 is 14.6 Å². The van der Waals surface area contributed by atoms with E-state index in [-0.39, 0.29) is 0 Å². The zero-order chi connectivity index (χ0) is 11.2. The maximum Gasteiger partial charge on any atom is 0.342 e. The van der Waals surface area contributed by atoms with Crippen LogP contribution >= 0.6 is 0 Å². The molecule has 0 aromatic heterocycles. The third-order valence-corrected chi connectivity index (χ3v) is 2.94. The zero-order valence-electron chi connectivity index (χ0n) is 9.13. The summed E-state index contributed by atoms with van der Waals surface area (Å²) in [6, 6.07) is 3.96. The zero-order valence-corrected chi connectivity index (χ0v) is 9.13. The predicted octanol–water partition coefficient (Wildman–Crippen LogP) is 1.22. The van der Waals surface area contributed by atoms with Gasteiger partial charge in [-0.1, -0.05) is 17.7 Å². The van der Waals surface area contributed by atoms with Crippen LogP contribution in [0.2, 0.25) is 0 Å². The molecular formula is C12H14O3. The molecule has 0 saturated carbocycles.